The lowest BCUT2D eigenvalue weighted by Gasteiger charge is -2.01. The zero-order chi connectivity index (χ0) is 13.5. The Balaban J connectivity index is 3.01. The van der Waals surface area contributed by atoms with Crippen LogP contribution in [0.15, 0.2) is 12.2 Å². The Morgan fingerprint density at radius 3 is 1.67 bits per heavy atom. The average Bonchev–Trinajstić information content (AvgIpc) is 2.34. The third-order valence-electron chi connectivity index (χ3n) is 3.04. The second-order valence-electron chi connectivity index (χ2n) is 4.79. The summed E-state index contributed by atoms with van der Waals surface area (Å²) in [4.78, 5) is 10.2. The Kier molecular flexibility index (Phi) is 13.6. The summed E-state index contributed by atoms with van der Waals surface area (Å²) < 4.78 is 0. The van der Waals surface area contributed by atoms with Gasteiger partial charge in [-0.05, 0) is 19.3 Å². The van der Waals surface area contributed by atoms with E-state index in [9.17, 15) is 4.79 Å². The van der Waals surface area contributed by atoms with Crippen LogP contribution in [0.1, 0.15) is 70.6 Å². The molecule has 0 saturated carbocycles. The molecule has 0 aromatic carbocycles. The van der Waals surface area contributed by atoms with E-state index in [0.29, 0.717) is 6.61 Å². The molecule has 0 aromatic rings. The number of rotatable bonds is 13. The largest absolute Gasteiger partial charge is 0.478 e. The molecular weight excluding hydrogens is 228 g/mol. The Bertz CT molecular complexity index is 212. The predicted molar refractivity (Wildman–Crippen MR) is 74.6 cm³/mol. The fraction of sp³-hybridized carbons (Fsp3) is 0.800. The highest BCUT2D eigenvalue weighted by Crippen LogP contribution is 2.11. The predicted octanol–water partition coefficient (Wildman–Crippen LogP) is 3.91. The van der Waals surface area contributed by atoms with E-state index in [1.807, 2.05) is 0 Å². The fourth-order valence-electron chi connectivity index (χ4n) is 1.97. The summed E-state index contributed by atoms with van der Waals surface area (Å²) in [5.41, 5.74) is 0. The van der Waals surface area contributed by atoms with E-state index in [1.165, 1.54) is 51.0 Å². The van der Waals surface area contributed by atoms with Gasteiger partial charge in [-0.1, -0.05) is 57.4 Å². The van der Waals surface area contributed by atoms with Crippen LogP contribution in [0, 0.1) is 0 Å². The first-order valence-electron chi connectivity index (χ1n) is 7.27. The SMILES string of the molecule is O=C(O)/C=C/CCCCCCCCCCCCO. The maximum atomic E-state index is 10.2. The summed E-state index contributed by atoms with van der Waals surface area (Å²) in [7, 11) is 0. The van der Waals surface area contributed by atoms with Crippen molar-refractivity contribution in [2.45, 2.75) is 70.6 Å². The lowest BCUT2D eigenvalue weighted by atomic mass is 10.1. The van der Waals surface area contributed by atoms with Gasteiger partial charge in [-0.2, -0.15) is 0 Å². The maximum absolute atomic E-state index is 10.2. The molecule has 0 aromatic heterocycles. The van der Waals surface area contributed by atoms with Gasteiger partial charge in [-0.15, -0.1) is 0 Å². The molecule has 0 saturated heterocycles. The standard InChI is InChI=1S/C15H28O3/c16-14-12-10-8-6-4-2-1-3-5-7-9-11-13-15(17)18/h11,13,16H,1-10,12,14H2,(H,17,18)/b13-11+. The highest BCUT2D eigenvalue weighted by atomic mass is 16.4. The van der Waals surface area contributed by atoms with E-state index in [0.717, 1.165) is 25.7 Å². The normalized spacial score (nSPS) is 11.2. The molecule has 0 radical (unpaired) electrons. The monoisotopic (exact) mass is 256 g/mol. The first kappa shape index (κ1) is 17.2. The lowest BCUT2D eigenvalue weighted by Crippen LogP contribution is -1.86. The van der Waals surface area contributed by atoms with Gasteiger partial charge in [0.2, 0.25) is 0 Å². The highest BCUT2D eigenvalue weighted by Gasteiger charge is 1.92. The van der Waals surface area contributed by atoms with Crippen LogP contribution in [-0.2, 0) is 4.79 Å². The number of carbonyl (C=O) groups is 1. The molecule has 106 valence electrons. The van der Waals surface area contributed by atoms with Gasteiger partial charge in [0, 0.05) is 12.7 Å². The molecule has 0 bridgehead atoms. The first-order valence-corrected chi connectivity index (χ1v) is 7.27. The Morgan fingerprint density at radius 1 is 0.778 bits per heavy atom. The number of unbranched alkanes of at least 4 members (excludes halogenated alkanes) is 10. The molecule has 2 N–H and O–H groups in total. The number of aliphatic hydroxyl groups is 1. The maximum Gasteiger partial charge on any atom is 0.327 e. The van der Waals surface area contributed by atoms with E-state index in [2.05, 4.69) is 0 Å². The van der Waals surface area contributed by atoms with E-state index >= 15 is 0 Å². The molecule has 0 aliphatic heterocycles. The van der Waals surface area contributed by atoms with E-state index < -0.39 is 5.97 Å². The van der Waals surface area contributed by atoms with Crippen LogP contribution in [0.2, 0.25) is 0 Å². The highest BCUT2D eigenvalue weighted by molar-refractivity contribution is 5.79. The van der Waals surface area contributed by atoms with Gasteiger partial charge in [-0.25, -0.2) is 4.79 Å². The van der Waals surface area contributed by atoms with Crippen molar-refractivity contribution in [3.8, 4) is 0 Å². The molecular formula is C15H28O3. The topological polar surface area (TPSA) is 57.5 Å². The van der Waals surface area contributed by atoms with Gasteiger partial charge in [0.15, 0.2) is 0 Å². The minimum Gasteiger partial charge on any atom is -0.478 e. The molecule has 0 unspecified atom stereocenters. The number of aliphatic hydroxyl groups excluding tert-OH is 1. The Morgan fingerprint density at radius 2 is 1.22 bits per heavy atom. The van der Waals surface area contributed by atoms with Crippen molar-refractivity contribution in [1.82, 2.24) is 0 Å². The second-order valence-corrected chi connectivity index (χ2v) is 4.79. The number of carboxylic acids is 1. The first-order chi connectivity index (χ1) is 8.77. The smallest absolute Gasteiger partial charge is 0.327 e. The van der Waals surface area contributed by atoms with Gasteiger partial charge < -0.3 is 10.2 Å². The van der Waals surface area contributed by atoms with Crippen molar-refractivity contribution >= 4 is 5.97 Å². The molecule has 0 heterocycles. The molecule has 0 aliphatic rings. The summed E-state index contributed by atoms with van der Waals surface area (Å²) in [5.74, 6) is -0.851. The van der Waals surface area contributed by atoms with Crippen LogP contribution in [-0.4, -0.2) is 22.8 Å². The molecule has 0 amide bonds. The summed E-state index contributed by atoms with van der Waals surface area (Å²) in [6.45, 7) is 0.330. The van der Waals surface area contributed by atoms with Crippen LogP contribution in [0.25, 0.3) is 0 Å². The summed E-state index contributed by atoms with van der Waals surface area (Å²) in [6.07, 6.45) is 16.0. The van der Waals surface area contributed by atoms with Crippen LogP contribution in [0.4, 0.5) is 0 Å². The van der Waals surface area contributed by atoms with Crippen molar-refractivity contribution in [2.24, 2.45) is 0 Å². The van der Waals surface area contributed by atoms with Gasteiger partial charge in [-0.3, -0.25) is 0 Å². The Labute approximate surface area is 111 Å². The van der Waals surface area contributed by atoms with Crippen molar-refractivity contribution in [3.63, 3.8) is 0 Å². The number of aliphatic carboxylic acids is 1. The molecule has 0 spiro atoms. The molecule has 3 heteroatoms. The summed E-state index contributed by atoms with van der Waals surface area (Å²) >= 11 is 0. The summed E-state index contributed by atoms with van der Waals surface area (Å²) in [6, 6.07) is 0. The second kappa shape index (κ2) is 14.2. The molecule has 18 heavy (non-hydrogen) atoms. The van der Waals surface area contributed by atoms with Crippen LogP contribution < -0.4 is 0 Å². The summed E-state index contributed by atoms with van der Waals surface area (Å²) in [5, 5.41) is 17.0. The minimum absolute atomic E-state index is 0.330. The molecule has 3 nitrogen and oxygen atoms in total. The van der Waals surface area contributed by atoms with Gasteiger partial charge >= 0.3 is 5.97 Å². The van der Waals surface area contributed by atoms with Crippen molar-refractivity contribution in [1.29, 1.82) is 0 Å². The number of carboxylic acid groups (broad SMARTS) is 1. The third-order valence-corrected chi connectivity index (χ3v) is 3.04. The third kappa shape index (κ3) is 15.2. The number of hydrogen-bond acceptors (Lipinski definition) is 2. The van der Waals surface area contributed by atoms with Crippen molar-refractivity contribution in [2.75, 3.05) is 6.61 Å². The fourth-order valence-corrected chi connectivity index (χ4v) is 1.97. The number of hydrogen-bond donors (Lipinski definition) is 2. The van der Waals surface area contributed by atoms with Crippen molar-refractivity contribution < 1.29 is 15.0 Å². The molecule has 0 rings (SSSR count). The zero-order valence-electron chi connectivity index (χ0n) is 11.4. The number of allylic oxidation sites excluding steroid dienone is 1. The van der Waals surface area contributed by atoms with E-state index in [4.69, 9.17) is 10.2 Å². The zero-order valence-corrected chi connectivity index (χ0v) is 11.4. The van der Waals surface area contributed by atoms with E-state index in [-0.39, 0.29) is 0 Å². The quantitative estimate of drug-likeness (QED) is 0.388. The van der Waals surface area contributed by atoms with Crippen LogP contribution >= 0.6 is 0 Å². The van der Waals surface area contributed by atoms with Gasteiger partial charge in [0.1, 0.15) is 0 Å². The van der Waals surface area contributed by atoms with Gasteiger partial charge in [0.05, 0.1) is 0 Å². The molecule has 0 fully saturated rings. The van der Waals surface area contributed by atoms with Crippen LogP contribution in [0.3, 0.4) is 0 Å². The minimum atomic E-state index is -0.851. The average molecular weight is 256 g/mol. The van der Waals surface area contributed by atoms with Gasteiger partial charge in [0.25, 0.3) is 0 Å². The lowest BCUT2D eigenvalue weighted by molar-refractivity contribution is -0.131. The molecule has 0 aliphatic carbocycles. The Hall–Kier alpha value is -0.830. The van der Waals surface area contributed by atoms with Crippen molar-refractivity contribution in [3.05, 3.63) is 12.2 Å². The molecule has 0 atom stereocenters. The van der Waals surface area contributed by atoms with E-state index in [1.54, 1.807) is 6.08 Å². The van der Waals surface area contributed by atoms with Crippen LogP contribution in [0.5, 0.6) is 0 Å².